The van der Waals surface area contributed by atoms with Crippen molar-refractivity contribution in [3.05, 3.63) is 83.6 Å². The van der Waals surface area contributed by atoms with E-state index in [0.717, 1.165) is 16.9 Å². The number of hydrogen-bond donors (Lipinski definition) is 0. The van der Waals surface area contributed by atoms with Gasteiger partial charge in [0.05, 0.1) is 17.7 Å². The Morgan fingerprint density at radius 3 is 2.69 bits per heavy atom. The molecule has 0 atom stereocenters. The number of rotatable bonds is 4. The molecule has 3 heterocycles. The lowest BCUT2D eigenvalue weighted by molar-refractivity contribution is 0.319. The number of benzene rings is 1. The molecular weight excluding hydrogens is 348 g/mol. The van der Waals surface area contributed by atoms with Crippen LogP contribution in [0.1, 0.15) is 22.6 Å². The van der Waals surface area contributed by atoms with Crippen LogP contribution in [0.25, 0.3) is 6.08 Å². The van der Waals surface area contributed by atoms with Crippen LogP contribution in [-0.2, 0) is 22.9 Å². The number of aromatic nitrogens is 1. The highest BCUT2D eigenvalue weighted by Gasteiger charge is 2.19. The third-order valence-corrected chi connectivity index (χ3v) is 6.02. The maximum Gasteiger partial charge on any atom is 0.223 e. The van der Waals surface area contributed by atoms with Gasteiger partial charge in [-0.3, -0.25) is 0 Å². The molecule has 6 heteroatoms. The Hall–Kier alpha value is -2.86. The van der Waals surface area contributed by atoms with Gasteiger partial charge in [-0.05, 0) is 48.9 Å². The third kappa shape index (κ3) is 3.15. The molecule has 1 aliphatic heterocycles. The summed E-state index contributed by atoms with van der Waals surface area (Å²) in [5, 5.41) is 0.0783. The van der Waals surface area contributed by atoms with E-state index >= 15 is 0 Å². The molecular formula is C20H18N2O3S. The summed E-state index contributed by atoms with van der Waals surface area (Å²) in [5.41, 5.74) is 2.81. The summed E-state index contributed by atoms with van der Waals surface area (Å²) in [7, 11) is -3.60. The largest absolute Gasteiger partial charge is 0.467 e. The van der Waals surface area contributed by atoms with Gasteiger partial charge < -0.3 is 9.32 Å². The van der Waals surface area contributed by atoms with Crippen molar-refractivity contribution in [2.75, 3.05) is 0 Å². The summed E-state index contributed by atoms with van der Waals surface area (Å²) >= 11 is 0. The van der Waals surface area contributed by atoms with Crippen molar-refractivity contribution in [1.82, 2.24) is 9.88 Å². The number of hydrogen-bond acceptors (Lipinski definition) is 5. The van der Waals surface area contributed by atoms with Gasteiger partial charge in [0.25, 0.3) is 0 Å². The zero-order valence-electron chi connectivity index (χ0n) is 14.3. The van der Waals surface area contributed by atoms with Crippen molar-refractivity contribution >= 4 is 15.9 Å². The lowest BCUT2D eigenvalue weighted by atomic mass is 10.1. The number of pyridine rings is 1. The molecule has 0 N–H and O–H groups in total. The molecule has 0 saturated heterocycles. The van der Waals surface area contributed by atoms with E-state index in [1.807, 2.05) is 30.5 Å². The molecule has 2 aromatic heterocycles. The van der Waals surface area contributed by atoms with Crippen molar-refractivity contribution in [1.29, 1.82) is 0 Å². The molecule has 5 nitrogen and oxygen atoms in total. The lowest BCUT2D eigenvalue weighted by Crippen LogP contribution is -2.18. The fraction of sp³-hybridized carbons (Fsp3) is 0.150. The first-order valence-corrected chi connectivity index (χ1v) is 9.77. The van der Waals surface area contributed by atoms with Gasteiger partial charge in [-0.15, -0.1) is 0 Å². The van der Waals surface area contributed by atoms with E-state index < -0.39 is 9.84 Å². The maximum absolute atomic E-state index is 12.7. The Balaban J connectivity index is 1.52. The van der Waals surface area contributed by atoms with E-state index in [0.29, 0.717) is 18.8 Å². The van der Waals surface area contributed by atoms with E-state index in [2.05, 4.69) is 9.88 Å². The van der Waals surface area contributed by atoms with Crippen LogP contribution in [0.15, 0.2) is 75.3 Å². The summed E-state index contributed by atoms with van der Waals surface area (Å²) in [4.78, 5) is 6.51. The second-order valence-electron chi connectivity index (χ2n) is 6.28. The monoisotopic (exact) mass is 366 g/mol. The van der Waals surface area contributed by atoms with Crippen molar-refractivity contribution in [3.63, 3.8) is 0 Å². The molecule has 26 heavy (non-hydrogen) atoms. The van der Waals surface area contributed by atoms with Gasteiger partial charge in [0.1, 0.15) is 5.76 Å². The van der Waals surface area contributed by atoms with Gasteiger partial charge in [-0.1, -0.05) is 18.2 Å². The zero-order valence-corrected chi connectivity index (χ0v) is 15.1. The third-order valence-electron chi connectivity index (χ3n) is 4.35. The van der Waals surface area contributed by atoms with Gasteiger partial charge in [0, 0.05) is 24.0 Å². The standard InChI is InChI=1S/C20H18N2O3S/c1-15-3-2-4-20(21-15)26(23,24)18-7-5-16(6-8-18)13-22-11-9-17-10-12-25-19(17)14-22/h2-12H,13-14H2,1H3. The second-order valence-corrected chi connectivity index (χ2v) is 8.18. The Morgan fingerprint density at radius 1 is 1.12 bits per heavy atom. The molecule has 0 spiro atoms. The molecule has 0 radical (unpaired) electrons. The summed E-state index contributed by atoms with van der Waals surface area (Å²) in [5.74, 6) is 0.942. The summed E-state index contributed by atoms with van der Waals surface area (Å²) in [6.07, 6.45) is 5.74. The Morgan fingerprint density at radius 2 is 1.92 bits per heavy atom. The smallest absolute Gasteiger partial charge is 0.223 e. The minimum atomic E-state index is -3.60. The lowest BCUT2D eigenvalue weighted by Gasteiger charge is -2.22. The molecule has 1 aliphatic rings. The van der Waals surface area contributed by atoms with Gasteiger partial charge in [-0.25, -0.2) is 13.4 Å². The number of sulfone groups is 1. The van der Waals surface area contributed by atoms with E-state index in [-0.39, 0.29) is 9.92 Å². The van der Waals surface area contributed by atoms with E-state index in [9.17, 15) is 8.42 Å². The van der Waals surface area contributed by atoms with E-state index in [1.165, 1.54) is 6.07 Å². The molecule has 0 aliphatic carbocycles. The molecule has 0 bridgehead atoms. The van der Waals surface area contributed by atoms with E-state index in [1.54, 1.807) is 37.5 Å². The number of fused-ring (bicyclic) bond motifs is 1. The first-order chi connectivity index (χ1) is 12.5. The molecule has 0 amide bonds. The van der Waals surface area contributed by atoms with Crippen LogP contribution in [0, 0.1) is 6.92 Å². The number of aryl methyl sites for hydroxylation is 1. The normalized spacial score (nSPS) is 13.7. The van der Waals surface area contributed by atoms with Crippen LogP contribution >= 0.6 is 0 Å². The minimum absolute atomic E-state index is 0.0783. The minimum Gasteiger partial charge on any atom is -0.467 e. The number of furan rings is 1. The highest BCUT2D eigenvalue weighted by atomic mass is 32.2. The zero-order chi connectivity index (χ0) is 18.1. The van der Waals surface area contributed by atoms with Crippen LogP contribution < -0.4 is 0 Å². The van der Waals surface area contributed by atoms with Crippen molar-refractivity contribution in [3.8, 4) is 0 Å². The van der Waals surface area contributed by atoms with Gasteiger partial charge in [-0.2, -0.15) is 0 Å². The number of nitrogens with zero attached hydrogens (tertiary/aromatic N) is 2. The fourth-order valence-electron chi connectivity index (χ4n) is 2.96. The van der Waals surface area contributed by atoms with Gasteiger partial charge >= 0.3 is 0 Å². The predicted molar refractivity (Wildman–Crippen MR) is 97.9 cm³/mol. The predicted octanol–water partition coefficient (Wildman–Crippen LogP) is 3.80. The maximum atomic E-state index is 12.7. The van der Waals surface area contributed by atoms with Gasteiger partial charge in [0.2, 0.25) is 9.84 Å². The highest BCUT2D eigenvalue weighted by molar-refractivity contribution is 7.91. The highest BCUT2D eigenvalue weighted by Crippen LogP contribution is 2.23. The Bertz CT molecular complexity index is 1070. The fourth-order valence-corrected chi connectivity index (χ4v) is 4.21. The molecule has 0 saturated carbocycles. The first-order valence-electron chi connectivity index (χ1n) is 8.29. The average molecular weight is 366 g/mol. The average Bonchev–Trinajstić information content (AvgIpc) is 3.10. The van der Waals surface area contributed by atoms with Crippen LogP contribution in [0.5, 0.6) is 0 Å². The Labute approximate surface area is 152 Å². The van der Waals surface area contributed by atoms with Gasteiger partial charge in [0.15, 0.2) is 5.03 Å². The molecule has 132 valence electrons. The Kier molecular flexibility index (Phi) is 4.12. The van der Waals surface area contributed by atoms with Crippen LogP contribution in [0.3, 0.4) is 0 Å². The molecule has 0 unspecified atom stereocenters. The van der Waals surface area contributed by atoms with Crippen LogP contribution in [0.4, 0.5) is 0 Å². The molecule has 3 aromatic rings. The molecule has 0 fully saturated rings. The SMILES string of the molecule is Cc1cccc(S(=O)(=O)c2ccc(CN3C=Cc4ccoc4C3)cc2)n1. The van der Waals surface area contributed by atoms with Crippen molar-refractivity contribution in [2.24, 2.45) is 0 Å². The second kappa shape index (κ2) is 6.46. The molecule has 4 rings (SSSR count). The summed E-state index contributed by atoms with van der Waals surface area (Å²) in [6, 6.07) is 13.9. The first kappa shape index (κ1) is 16.6. The summed E-state index contributed by atoms with van der Waals surface area (Å²) in [6.45, 7) is 3.16. The van der Waals surface area contributed by atoms with Crippen LogP contribution in [-0.4, -0.2) is 18.3 Å². The summed E-state index contributed by atoms with van der Waals surface area (Å²) < 4.78 is 30.9. The van der Waals surface area contributed by atoms with E-state index in [4.69, 9.17) is 4.42 Å². The molecule has 1 aromatic carbocycles. The quantitative estimate of drug-likeness (QED) is 0.703. The van der Waals surface area contributed by atoms with Crippen molar-refractivity contribution < 1.29 is 12.8 Å². The topological polar surface area (TPSA) is 63.4 Å². The van der Waals surface area contributed by atoms with Crippen LogP contribution in [0.2, 0.25) is 0 Å². The van der Waals surface area contributed by atoms with Crippen molar-refractivity contribution in [2.45, 2.75) is 29.9 Å².